The molecule has 0 unspecified atom stereocenters. The van der Waals surface area contributed by atoms with Crippen molar-refractivity contribution in [3.8, 4) is 0 Å². The third kappa shape index (κ3) is 6.12. The summed E-state index contributed by atoms with van der Waals surface area (Å²) in [5.41, 5.74) is 7.69. The minimum atomic E-state index is -3.61. The molecule has 0 N–H and O–H groups in total. The second-order valence-corrected chi connectivity index (χ2v) is 11.7. The molecule has 4 aromatic rings. The van der Waals surface area contributed by atoms with Gasteiger partial charge in [-0.3, -0.25) is 0 Å². The van der Waals surface area contributed by atoms with Gasteiger partial charge in [-0.05, 0) is 71.2 Å². The summed E-state index contributed by atoms with van der Waals surface area (Å²) in [5, 5.41) is 0. The van der Waals surface area contributed by atoms with Gasteiger partial charge in [0, 0.05) is 39.6 Å². The lowest BCUT2D eigenvalue weighted by atomic mass is 9.90. The van der Waals surface area contributed by atoms with Gasteiger partial charge in [-0.2, -0.15) is 0 Å². The Morgan fingerprint density at radius 1 is 0.595 bits per heavy atom. The highest BCUT2D eigenvalue weighted by Crippen LogP contribution is 2.35. The number of hydrogen-bond donors (Lipinski definition) is 0. The van der Waals surface area contributed by atoms with Gasteiger partial charge < -0.3 is 9.80 Å². The van der Waals surface area contributed by atoms with Crippen molar-refractivity contribution < 1.29 is 8.42 Å². The van der Waals surface area contributed by atoms with Crippen molar-refractivity contribution in [3.63, 3.8) is 0 Å². The van der Waals surface area contributed by atoms with E-state index in [4.69, 9.17) is 0 Å². The van der Waals surface area contributed by atoms with E-state index in [-0.39, 0.29) is 5.75 Å². The normalized spacial score (nSPS) is 12.1. The molecule has 190 valence electrons. The minimum Gasteiger partial charge on any atom is -0.378 e. The summed E-state index contributed by atoms with van der Waals surface area (Å²) in [5.74, 6) is -0.114. The lowest BCUT2D eigenvalue weighted by Crippen LogP contribution is -2.12. The Kier molecular flexibility index (Phi) is 7.84. The fraction of sp³-hybridized carbons (Fsp3) is 0.188. The van der Waals surface area contributed by atoms with Gasteiger partial charge >= 0.3 is 0 Å². The molecule has 0 heterocycles. The van der Waals surface area contributed by atoms with Crippen molar-refractivity contribution in [2.45, 2.75) is 11.8 Å². The largest absolute Gasteiger partial charge is 0.378 e. The van der Waals surface area contributed by atoms with Crippen molar-refractivity contribution in [3.05, 3.63) is 125 Å². The molecule has 37 heavy (non-hydrogen) atoms. The Balaban J connectivity index is 1.97. The van der Waals surface area contributed by atoms with Gasteiger partial charge in [-0.1, -0.05) is 72.3 Å². The quantitative estimate of drug-likeness (QED) is 0.252. The highest BCUT2D eigenvalue weighted by molar-refractivity contribution is 7.91. The molecular formula is C32H34N2O2S. The van der Waals surface area contributed by atoms with Crippen LogP contribution in [0.2, 0.25) is 0 Å². The zero-order chi connectivity index (χ0) is 26.6. The zero-order valence-electron chi connectivity index (χ0n) is 22.1. The van der Waals surface area contributed by atoms with Crippen LogP contribution in [0.15, 0.2) is 108 Å². The Bertz CT molecular complexity index is 1470. The smallest absolute Gasteiger partial charge is 0.182 e. The summed E-state index contributed by atoms with van der Waals surface area (Å²) in [6, 6.07) is 33.5. The van der Waals surface area contributed by atoms with E-state index >= 15 is 0 Å². The molecule has 0 spiro atoms. The Labute approximate surface area is 221 Å². The van der Waals surface area contributed by atoms with Crippen LogP contribution < -0.4 is 9.80 Å². The molecule has 4 rings (SSSR count). The molecule has 0 aliphatic heterocycles. The Morgan fingerprint density at radius 3 is 1.54 bits per heavy atom. The average Bonchev–Trinajstić information content (AvgIpc) is 2.89. The molecule has 5 heteroatoms. The molecule has 0 amide bonds. The Hall–Kier alpha value is -3.83. The number of benzene rings is 4. The molecule has 0 fully saturated rings. The highest BCUT2D eigenvalue weighted by atomic mass is 32.2. The van der Waals surface area contributed by atoms with Crippen LogP contribution >= 0.6 is 0 Å². The van der Waals surface area contributed by atoms with Gasteiger partial charge in [0.2, 0.25) is 0 Å². The fourth-order valence-electron chi connectivity index (χ4n) is 4.33. The van der Waals surface area contributed by atoms with E-state index in [0.717, 1.165) is 44.8 Å². The molecule has 0 saturated carbocycles. The number of aryl methyl sites for hydroxylation is 1. The first-order valence-electron chi connectivity index (χ1n) is 12.3. The van der Waals surface area contributed by atoms with E-state index in [2.05, 4.69) is 29.2 Å². The SMILES string of the molecule is Cc1ccc(S(=O)(=O)CC(=C(c2ccccc2)c2ccc(N(C)C)cc2)c2ccc(N(C)C)cc2)cc1. The van der Waals surface area contributed by atoms with E-state index in [1.807, 2.05) is 107 Å². The van der Waals surface area contributed by atoms with E-state index in [0.29, 0.717) is 4.90 Å². The molecule has 0 bridgehead atoms. The van der Waals surface area contributed by atoms with Crippen molar-refractivity contribution in [2.75, 3.05) is 43.7 Å². The van der Waals surface area contributed by atoms with Gasteiger partial charge in [0.15, 0.2) is 9.84 Å². The molecule has 4 nitrogen and oxygen atoms in total. The summed E-state index contributed by atoms with van der Waals surface area (Å²) in [4.78, 5) is 4.42. The summed E-state index contributed by atoms with van der Waals surface area (Å²) in [6.45, 7) is 1.96. The fourth-order valence-corrected chi connectivity index (χ4v) is 5.73. The predicted molar refractivity (Wildman–Crippen MR) is 157 cm³/mol. The number of anilines is 2. The first kappa shape index (κ1) is 26.2. The zero-order valence-corrected chi connectivity index (χ0v) is 23.0. The van der Waals surface area contributed by atoms with Crippen LogP contribution in [0.3, 0.4) is 0 Å². The molecular weight excluding hydrogens is 476 g/mol. The van der Waals surface area contributed by atoms with Gasteiger partial charge in [0.05, 0.1) is 10.6 Å². The standard InChI is InChI=1S/C32H34N2O2S/c1-24-11-21-30(22-12-24)37(35,36)23-31(25-13-17-28(18-14-25)33(2)3)32(26-9-7-6-8-10-26)27-15-19-29(20-16-27)34(4)5/h6-22H,23H2,1-5H3. The number of sulfone groups is 1. The average molecular weight is 511 g/mol. The molecule has 0 aromatic heterocycles. The molecule has 0 atom stereocenters. The molecule has 4 aromatic carbocycles. The van der Waals surface area contributed by atoms with Crippen LogP contribution in [0, 0.1) is 6.92 Å². The Morgan fingerprint density at radius 2 is 1.05 bits per heavy atom. The highest BCUT2D eigenvalue weighted by Gasteiger charge is 2.23. The topological polar surface area (TPSA) is 40.6 Å². The van der Waals surface area contributed by atoms with Gasteiger partial charge in [0.25, 0.3) is 0 Å². The molecule has 0 saturated heterocycles. The van der Waals surface area contributed by atoms with Gasteiger partial charge in [-0.25, -0.2) is 8.42 Å². The van der Waals surface area contributed by atoms with Crippen LogP contribution in [-0.4, -0.2) is 42.4 Å². The second-order valence-electron chi connectivity index (χ2n) is 9.67. The van der Waals surface area contributed by atoms with E-state index < -0.39 is 9.84 Å². The third-order valence-corrected chi connectivity index (χ3v) is 8.14. The van der Waals surface area contributed by atoms with E-state index in [1.165, 1.54) is 0 Å². The first-order valence-corrected chi connectivity index (χ1v) is 13.9. The maximum absolute atomic E-state index is 13.8. The van der Waals surface area contributed by atoms with Crippen molar-refractivity contribution in [1.29, 1.82) is 0 Å². The third-order valence-electron chi connectivity index (χ3n) is 6.48. The number of nitrogens with zero attached hydrogens (tertiary/aromatic N) is 2. The summed E-state index contributed by atoms with van der Waals surface area (Å²) in [7, 11) is 4.40. The lowest BCUT2D eigenvalue weighted by Gasteiger charge is -2.20. The molecule has 0 radical (unpaired) electrons. The van der Waals surface area contributed by atoms with Crippen molar-refractivity contribution in [2.24, 2.45) is 0 Å². The van der Waals surface area contributed by atoms with Crippen molar-refractivity contribution >= 4 is 32.4 Å². The maximum atomic E-state index is 13.8. The van der Waals surface area contributed by atoms with Gasteiger partial charge in [0.1, 0.15) is 0 Å². The lowest BCUT2D eigenvalue weighted by molar-refractivity contribution is 0.599. The second kappa shape index (κ2) is 11.1. The predicted octanol–water partition coefficient (Wildman–Crippen LogP) is 6.56. The van der Waals surface area contributed by atoms with Gasteiger partial charge in [-0.15, -0.1) is 0 Å². The molecule has 0 aliphatic rings. The van der Waals surface area contributed by atoms with Crippen LogP contribution in [0.25, 0.3) is 11.1 Å². The van der Waals surface area contributed by atoms with E-state index in [9.17, 15) is 8.42 Å². The van der Waals surface area contributed by atoms with Crippen LogP contribution in [0.1, 0.15) is 22.3 Å². The van der Waals surface area contributed by atoms with E-state index in [1.54, 1.807) is 12.1 Å². The summed E-state index contributed by atoms with van der Waals surface area (Å²) < 4.78 is 27.5. The summed E-state index contributed by atoms with van der Waals surface area (Å²) >= 11 is 0. The maximum Gasteiger partial charge on any atom is 0.182 e. The summed E-state index contributed by atoms with van der Waals surface area (Å²) in [6.07, 6.45) is 0. The van der Waals surface area contributed by atoms with Crippen LogP contribution in [0.4, 0.5) is 11.4 Å². The minimum absolute atomic E-state index is 0.114. The van der Waals surface area contributed by atoms with Crippen LogP contribution in [0.5, 0.6) is 0 Å². The van der Waals surface area contributed by atoms with Crippen molar-refractivity contribution in [1.82, 2.24) is 0 Å². The monoisotopic (exact) mass is 510 g/mol. The first-order chi connectivity index (χ1) is 17.7. The number of rotatable bonds is 8. The molecule has 0 aliphatic carbocycles. The number of hydrogen-bond acceptors (Lipinski definition) is 4. The van der Waals surface area contributed by atoms with Crippen LogP contribution in [-0.2, 0) is 9.84 Å².